The van der Waals surface area contributed by atoms with Crippen molar-refractivity contribution in [2.75, 3.05) is 51.3 Å². The van der Waals surface area contributed by atoms with Gasteiger partial charge in [0.15, 0.2) is 10.1 Å². The predicted octanol–water partition coefficient (Wildman–Crippen LogP) is 2.27. The molecule has 39 heavy (non-hydrogen) atoms. The lowest BCUT2D eigenvalue weighted by molar-refractivity contribution is -0.136. The summed E-state index contributed by atoms with van der Waals surface area (Å²) in [6.45, 7) is 7.44. The van der Waals surface area contributed by atoms with Gasteiger partial charge in [-0.2, -0.15) is 0 Å². The van der Waals surface area contributed by atoms with Crippen molar-refractivity contribution in [2.24, 2.45) is 5.92 Å². The van der Waals surface area contributed by atoms with E-state index >= 15 is 0 Å². The van der Waals surface area contributed by atoms with Gasteiger partial charge in [-0.25, -0.2) is 9.37 Å². The summed E-state index contributed by atoms with van der Waals surface area (Å²) < 4.78 is 20.0. The van der Waals surface area contributed by atoms with Crippen molar-refractivity contribution >= 4 is 40.9 Å². The van der Waals surface area contributed by atoms with Crippen LogP contribution in [0, 0.1) is 5.92 Å². The van der Waals surface area contributed by atoms with Gasteiger partial charge < -0.3 is 29.9 Å². The van der Waals surface area contributed by atoms with Crippen molar-refractivity contribution in [1.82, 2.24) is 20.1 Å². The van der Waals surface area contributed by atoms with Crippen LogP contribution in [0.25, 0.3) is 11.3 Å². The van der Waals surface area contributed by atoms with Crippen LogP contribution in [-0.4, -0.2) is 107 Å². The summed E-state index contributed by atoms with van der Waals surface area (Å²) in [7, 11) is 2.12. The van der Waals surface area contributed by atoms with E-state index in [1.165, 1.54) is 4.90 Å². The molecule has 3 fully saturated rings. The zero-order valence-electron chi connectivity index (χ0n) is 22.4. The first-order valence-electron chi connectivity index (χ1n) is 13.3. The second kappa shape index (κ2) is 11.3. The van der Waals surface area contributed by atoms with Crippen LogP contribution in [0.1, 0.15) is 30.6 Å². The number of ether oxygens (including phenoxy) is 1. The molecule has 3 aliphatic heterocycles. The summed E-state index contributed by atoms with van der Waals surface area (Å²) in [4.78, 5) is 35.8. The van der Waals surface area contributed by atoms with Gasteiger partial charge in [-0.3, -0.25) is 9.59 Å². The molecule has 0 spiro atoms. The van der Waals surface area contributed by atoms with Gasteiger partial charge in [-0.1, -0.05) is 26.0 Å². The van der Waals surface area contributed by atoms with E-state index < -0.39 is 41.1 Å². The van der Waals surface area contributed by atoms with Gasteiger partial charge in [0.25, 0.3) is 5.91 Å². The number of benzene rings is 1. The number of aliphatic hydroxyl groups is 1. The Kier molecular flexibility index (Phi) is 8.21. The van der Waals surface area contributed by atoms with Gasteiger partial charge >= 0.3 is 0 Å². The van der Waals surface area contributed by atoms with Crippen LogP contribution in [0.5, 0.6) is 0 Å². The summed E-state index contributed by atoms with van der Waals surface area (Å²) >= 11 is 5.85. The van der Waals surface area contributed by atoms with E-state index in [9.17, 15) is 19.1 Å². The van der Waals surface area contributed by atoms with Gasteiger partial charge in [-0.05, 0) is 31.5 Å². The quantitative estimate of drug-likeness (QED) is 0.343. The molecule has 5 atom stereocenters. The summed E-state index contributed by atoms with van der Waals surface area (Å²) in [6, 6.07) is 5.36. The van der Waals surface area contributed by atoms with E-state index in [0.717, 1.165) is 42.6 Å². The molecule has 0 unspecified atom stereocenters. The number of alkyl halides is 1. The Balaban J connectivity index is 1.27. The second-order valence-electron chi connectivity index (χ2n) is 11.1. The van der Waals surface area contributed by atoms with E-state index in [0.29, 0.717) is 12.0 Å². The number of thiazole rings is 1. The largest absolute Gasteiger partial charge is 0.375 e. The fraction of sp³-hybridized carbons (Fsp3) is 0.593. The maximum atomic E-state index is 14.6. The average molecular weight is 578 g/mol. The third kappa shape index (κ3) is 5.95. The first kappa shape index (κ1) is 28.3. The third-order valence-electron chi connectivity index (χ3n) is 7.64. The molecule has 0 radical (unpaired) electrons. The Morgan fingerprint density at radius 1 is 1.26 bits per heavy atom. The van der Waals surface area contributed by atoms with Gasteiger partial charge in [0.05, 0.1) is 18.8 Å². The lowest BCUT2D eigenvalue weighted by Crippen LogP contribution is -2.55. The maximum Gasteiger partial charge on any atom is 0.251 e. The number of halogens is 1. The van der Waals surface area contributed by atoms with Gasteiger partial charge in [0.2, 0.25) is 5.91 Å². The minimum atomic E-state index is -1.65. The number of nitrogens with one attached hydrogen (secondary N) is 1. The number of likely N-dealkylation sites (tertiary alicyclic amines) is 1. The number of hydrogen-bond acceptors (Lipinski definition) is 9. The van der Waals surface area contributed by atoms with E-state index in [-0.39, 0.29) is 19.1 Å². The van der Waals surface area contributed by atoms with Crippen LogP contribution in [0.3, 0.4) is 0 Å². The molecule has 12 heteroatoms. The number of piperazine rings is 1. The molecule has 2 N–H and O–H groups in total. The smallest absolute Gasteiger partial charge is 0.251 e. The fourth-order valence-corrected chi connectivity index (χ4v) is 6.74. The Morgan fingerprint density at radius 2 is 1.95 bits per heavy atom. The summed E-state index contributed by atoms with van der Waals surface area (Å²) in [5.74, 6) is -0.746. The van der Waals surface area contributed by atoms with Gasteiger partial charge in [-0.15, -0.1) is 24.0 Å². The van der Waals surface area contributed by atoms with Crippen LogP contribution in [-0.2, 0) is 9.53 Å². The molecule has 1 aromatic carbocycles. The van der Waals surface area contributed by atoms with Crippen molar-refractivity contribution in [3.63, 3.8) is 0 Å². The molecule has 0 saturated carbocycles. The molecule has 2 amide bonds. The average Bonchev–Trinajstić information content (AvgIpc) is 3.60. The summed E-state index contributed by atoms with van der Waals surface area (Å²) in [6.07, 6.45) is -1.99. The molecular weight excluding hydrogens is 541 g/mol. The number of aromatic nitrogens is 1. The van der Waals surface area contributed by atoms with Crippen LogP contribution >= 0.6 is 24.0 Å². The van der Waals surface area contributed by atoms with Crippen molar-refractivity contribution in [3.05, 3.63) is 35.2 Å². The molecule has 0 aliphatic carbocycles. The topological polar surface area (TPSA) is 98.2 Å². The van der Waals surface area contributed by atoms with E-state index in [4.69, 9.17) is 9.72 Å². The highest BCUT2D eigenvalue weighted by Crippen LogP contribution is 2.40. The van der Waals surface area contributed by atoms with Crippen molar-refractivity contribution in [3.8, 4) is 11.3 Å². The van der Waals surface area contributed by atoms with E-state index in [1.54, 1.807) is 23.5 Å². The molecular formula is C27H36FN5O4S2. The molecule has 212 valence electrons. The highest BCUT2D eigenvalue weighted by Gasteiger charge is 2.59. The monoisotopic (exact) mass is 577 g/mol. The number of carbonyl (C=O) groups is 2. The first-order chi connectivity index (χ1) is 18.5. The Morgan fingerprint density at radius 3 is 2.62 bits per heavy atom. The molecule has 2 aromatic rings. The zero-order chi connectivity index (χ0) is 27.9. The minimum absolute atomic E-state index is 0.0927. The summed E-state index contributed by atoms with van der Waals surface area (Å²) in [5.41, 5.74) is 2.17. The van der Waals surface area contributed by atoms with Crippen molar-refractivity contribution < 1.29 is 23.8 Å². The number of likely N-dealkylation sites (N-methyl/N-ethyl adjacent to an activating group) is 1. The van der Waals surface area contributed by atoms with Crippen molar-refractivity contribution in [1.29, 1.82) is 0 Å². The zero-order valence-corrected chi connectivity index (χ0v) is 24.1. The van der Waals surface area contributed by atoms with Crippen LogP contribution in [0.2, 0.25) is 0 Å². The Hall–Kier alpha value is -2.25. The predicted molar refractivity (Wildman–Crippen MR) is 152 cm³/mol. The van der Waals surface area contributed by atoms with Crippen LogP contribution in [0.15, 0.2) is 29.6 Å². The lowest BCUT2D eigenvalue weighted by atomic mass is 10.0. The molecule has 3 aliphatic rings. The SMILES string of the molecule is CC(C)C[C@H](NC(=O)c1ccc(-c2csc(N3CCN(C)CC3)n2)cc1)C(=O)N1C[C@H](F)[C@H]2OC[C@@](O)(S)[C@H]21. The lowest BCUT2D eigenvalue weighted by Gasteiger charge is -2.33. The van der Waals surface area contributed by atoms with Gasteiger partial charge in [0.1, 0.15) is 24.4 Å². The Labute approximate surface area is 237 Å². The van der Waals surface area contributed by atoms with E-state index in [2.05, 4.69) is 34.8 Å². The number of fused-ring (bicyclic) bond motifs is 1. The number of thiol groups is 1. The molecule has 5 rings (SSSR count). The number of anilines is 1. The highest BCUT2D eigenvalue weighted by atomic mass is 32.1. The normalized spacial score (nSPS) is 28.1. The molecule has 0 bridgehead atoms. The second-order valence-corrected chi connectivity index (χ2v) is 12.8. The van der Waals surface area contributed by atoms with Crippen LogP contribution in [0.4, 0.5) is 9.52 Å². The van der Waals surface area contributed by atoms with Crippen molar-refractivity contribution in [2.45, 2.75) is 49.6 Å². The summed E-state index contributed by atoms with van der Waals surface area (Å²) in [5, 5.41) is 16.5. The van der Waals surface area contributed by atoms with Crippen LogP contribution < -0.4 is 10.2 Å². The number of nitrogens with zero attached hydrogens (tertiary/aromatic N) is 4. The molecule has 4 heterocycles. The standard InChI is InChI=1S/C27H36FN5O4S2/c1-16(2)12-20(25(35)33-13-19(28)22-23(33)27(36,38)15-37-22)29-24(34)18-6-4-17(5-7-18)21-14-39-26(30-21)32-10-8-31(3)9-11-32/h4-7,14,16,19-20,22-23,36,38H,8-13,15H2,1-3H3,(H,29,34)/t19-,20-,22+,23-,27+/m0/s1. The maximum absolute atomic E-state index is 14.6. The molecule has 3 saturated heterocycles. The molecule has 9 nitrogen and oxygen atoms in total. The molecule has 1 aromatic heterocycles. The highest BCUT2D eigenvalue weighted by molar-refractivity contribution is 7.81. The number of amides is 2. The minimum Gasteiger partial charge on any atom is -0.375 e. The number of carbonyl (C=O) groups excluding carboxylic acids is 2. The van der Waals surface area contributed by atoms with Gasteiger partial charge in [0, 0.05) is 42.7 Å². The Bertz CT molecular complexity index is 1190. The first-order valence-corrected chi connectivity index (χ1v) is 14.7. The number of hydrogen-bond donors (Lipinski definition) is 3. The fourth-order valence-electron chi connectivity index (χ4n) is 5.49. The van der Waals surface area contributed by atoms with E-state index in [1.807, 2.05) is 31.4 Å². The third-order valence-corrected chi connectivity index (χ3v) is 8.93. The number of rotatable bonds is 7.